The van der Waals surface area contributed by atoms with Crippen molar-refractivity contribution < 1.29 is 14.3 Å². The summed E-state index contributed by atoms with van der Waals surface area (Å²) < 4.78 is 11.4. The summed E-state index contributed by atoms with van der Waals surface area (Å²) in [7, 11) is 3.14. The van der Waals surface area contributed by atoms with Crippen LogP contribution in [-0.4, -0.2) is 53.0 Å². The molecule has 0 aliphatic carbocycles. The van der Waals surface area contributed by atoms with Crippen molar-refractivity contribution in [2.75, 3.05) is 27.4 Å². The van der Waals surface area contributed by atoms with E-state index in [-0.39, 0.29) is 11.5 Å². The van der Waals surface area contributed by atoms with Crippen LogP contribution in [0.25, 0.3) is 16.9 Å². The lowest BCUT2D eigenvalue weighted by molar-refractivity contribution is 0.0948. The van der Waals surface area contributed by atoms with E-state index in [0.717, 1.165) is 12.1 Å². The molecule has 3 heterocycles. The van der Waals surface area contributed by atoms with Gasteiger partial charge in [-0.05, 0) is 37.1 Å². The standard InChI is InChI=1S/C20H23N5O4/c1-13-9-15(10-18(24-13)29-3)16-12-23-25(20(16)27)17-6-5-14(11-22-17)19(26)21-7-4-8-28-2/h5-6,9-12,23H,4,7-8H2,1-3H3,(H,21,26). The molecule has 0 radical (unpaired) electrons. The van der Waals surface area contributed by atoms with Crippen LogP contribution < -0.4 is 15.6 Å². The molecule has 1 amide bonds. The number of ether oxygens (including phenoxy) is 2. The third-order valence-corrected chi connectivity index (χ3v) is 4.27. The lowest BCUT2D eigenvalue weighted by Crippen LogP contribution is -2.25. The quantitative estimate of drug-likeness (QED) is 0.560. The third kappa shape index (κ3) is 4.69. The number of pyridine rings is 2. The number of carbonyl (C=O) groups is 1. The molecule has 0 aromatic carbocycles. The lowest BCUT2D eigenvalue weighted by Gasteiger charge is -2.06. The molecular weight excluding hydrogens is 374 g/mol. The molecule has 0 atom stereocenters. The van der Waals surface area contributed by atoms with Crippen LogP contribution in [0.15, 0.2) is 41.5 Å². The van der Waals surface area contributed by atoms with Gasteiger partial charge in [0, 0.05) is 44.4 Å². The van der Waals surface area contributed by atoms with Gasteiger partial charge in [-0.2, -0.15) is 0 Å². The van der Waals surface area contributed by atoms with Gasteiger partial charge in [-0.15, -0.1) is 0 Å². The Kier molecular flexibility index (Phi) is 6.40. The van der Waals surface area contributed by atoms with Crippen molar-refractivity contribution in [3.63, 3.8) is 0 Å². The third-order valence-electron chi connectivity index (χ3n) is 4.27. The Hall–Kier alpha value is -3.46. The number of methoxy groups -OCH3 is 2. The number of carbonyl (C=O) groups excluding carboxylic acids is 1. The number of aromatic amines is 1. The van der Waals surface area contributed by atoms with Gasteiger partial charge in [0.25, 0.3) is 11.5 Å². The summed E-state index contributed by atoms with van der Waals surface area (Å²) >= 11 is 0. The molecule has 3 aromatic rings. The molecule has 0 aliphatic rings. The Morgan fingerprint density at radius 3 is 2.79 bits per heavy atom. The van der Waals surface area contributed by atoms with Gasteiger partial charge in [0.1, 0.15) is 0 Å². The molecule has 9 nitrogen and oxygen atoms in total. The highest BCUT2D eigenvalue weighted by atomic mass is 16.5. The molecule has 29 heavy (non-hydrogen) atoms. The van der Waals surface area contributed by atoms with E-state index in [1.165, 1.54) is 18.0 Å². The Bertz CT molecular complexity index is 1040. The smallest absolute Gasteiger partial charge is 0.280 e. The van der Waals surface area contributed by atoms with Gasteiger partial charge in [-0.3, -0.25) is 14.7 Å². The van der Waals surface area contributed by atoms with Crippen molar-refractivity contribution in [2.24, 2.45) is 0 Å². The summed E-state index contributed by atoms with van der Waals surface area (Å²) in [4.78, 5) is 33.4. The highest BCUT2D eigenvalue weighted by Crippen LogP contribution is 2.21. The number of rotatable bonds is 8. The fourth-order valence-corrected chi connectivity index (χ4v) is 2.82. The van der Waals surface area contributed by atoms with Gasteiger partial charge in [0.05, 0.1) is 18.2 Å². The Balaban J connectivity index is 1.79. The van der Waals surface area contributed by atoms with E-state index in [4.69, 9.17) is 9.47 Å². The first-order valence-corrected chi connectivity index (χ1v) is 9.10. The van der Waals surface area contributed by atoms with Crippen LogP contribution in [0.3, 0.4) is 0 Å². The number of aromatic nitrogens is 4. The zero-order valence-electron chi connectivity index (χ0n) is 16.6. The summed E-state index contributed by atoms with van der Waals surface area (Å²) in [5, 5.41) is 5.70. The highest BCUT2D eigenvalue weighted by molar-refractivity contribution is 5.93. The van der Waals surface area contributed by atoms with Gasteiger partial charge >= 0.3 is 0 Å². The number of H-pyrrole nitrogens is 1. The van der Waals surface area contributed by atoms with E-state index < -0.39 is 0 Å². The number of amides is 1. The van der Waals surface area contributed by atoms with E-state index in [1.807, 2.05) is 13.0 Å². The van der Waals surface area contributed by atoms with Crippen LogP contribution in [0.1, 0.15) is 22.5 Å². The van der Waals surface area contributed by atoms with Crippen LogP contribution >= 0.6 is 0 Å². The molecule has 0 aliphatic heterocycles. The van der Waals surface area contributed by atoms with Crippen LogP contribution in [0.5, 0.6) is 5.88 Å². The monoisotopic (exact) mass is 397 g/mol. The topological polar surface area (TPSA) is 111 Å². The zero-order chi connectivity index (χ0) is 20.8. The normalized spacial score (nSPS) is 10.7. The van der Waals surface area contributed by atoms with Crippen molar-refractivity contribution in [1.82, 2.24) is 25.1 Å². The van der Waals surface area contributed by atoms with Crippen LogP contribution in [0, 0.1) is 6.92 Å². The summed E-state index contributed by atoms with van der Waals surface area (Å²) in [6, 6.07) is 6.75. The molecule has 152 valence electrons. The number of nitrogens with zero attached hydrogens (tertiary/aromatic N) is 3. The predicted octanol–water partition coefficient (Wildman–Crippen LogP) is 1.71. The highest BCUT2D eigenvalue weighted by Gasteiger charge is 2.13. The first-order valence-electron chi connectivity index (χ1n) is 9.10. The van der Waals surface area contributed by atoms with Gasteiger partial charge in [0.2, 0.25) is 5.88 Å². The Morgan fingerprint density at radius 2 is 2.10 bits per heavy atom. The molecule has 0 unspecified atom stereocenters. The molecule has 9 heteroatoms. The maximum Gasteiger partial charge on any atom is 0.280 e. The van der Waals surface area contributed by atoms with Gasteiger partial charge in [-0.1, -0.05) is 0 Å². The maximum absolute atomic E-state index is 12.8. The van der Waals surface area contributed by atoms with Gasteiger partial charge < -0.3 is 14.8 Å². The van der Waals surface area contributed by atoms with E-state index in [9.17, 15) is 9.59 Å². The first-order chi connectivity index (χ1) is 14.0. The number of hydrogen-bond acceptors (Lipinski definition) is 6. The maximum atomic E-state index is 12.8. The Labute approximate surface area is 167 Å². The average molecular weight is 397 g/mol. The van der Waals surface area contributed by atoms with E-state index in [1.54, 1.807) is 31.5 Å². The minimum atomic E-state index is -0.262. The molecule has 0 saturated carbocycles. The minimum Gasteiger partial charge on any atom is -0.481 e. The molecular formula is C20H23N5O4. The summed E-state index contributed by atoms with van der Waals surface area (Å²) in [5.74, 6) is 0.597. The lowest BCUT2D eigenvalue weighted by atomic mass is 10.1. The fraction of sp³-hybridized carbons (Fsp3) is 0.300. The number of hydrogen-bond donors (Lipinski definition) is 2. The molecule has 0 fully saturated rings. The number of aryl methyl sites for hydroxylation is 1. The van der Waals surface area contributed by atoms with Crippen LogP contribution in [-0.2, 0) is 4.74 Å². The van der Waals surface area contributed by atoms with E-state index in [2.05, 4.69) is 20.4 Å². The number of nitrogens with one attached hydrogen (secondary N) is 2. The van der Waals surface area contributed by atoms with Crippen LogP contribution in [0.4, 0.5) is 0 Å². The van der Waals surface area contributed by atoms with Crippen molar-refractivity contribution in [1.29, 1.82) is 0 Å². The summed E-state index contributed by atoms with van der Waals surface area (Å²) in [6.45, 7) is 2.93. The van der Waals surface area contributed by atoms with Crippen molar-refractivity contribution >= 4 is 5.91 Å². The fourth-order valence-electron chi connectivity index (χ4n) is 2.82. The van der Waals surface area contributed by atoms with Crippen molar-refractivity contribution in [3.8, 4) is 22.8 Å². The van der Waals surface area contributed by atoms with Crippen molar-refractivity contribution in [2.45, 2.75) is 13.3 Å². The van der Waals surface area contributed by atoms with E-state index in [0.29, 0.717) is 41.5 Å². The largest absolute Gasteiger partial charge is 0.481 e. The average Bonchev–Trinajstić information content (AvgIpc) is 3.12. The molecule has 2 N–H and O–H groups in total. The SMILES string of the molecule is COCCCNC(=O)c1ccc(-n2[nH]cc(-c3cc(C)nc(OC)c3)c2=O)nc1. The summed E-state index contributed by atoms with van der Waals surface area (Å²) in [5.41, 5.74) is 2.06. The molecule has 0 saturated heterocycles. The second-order valence-electron chi connectivity index (χ2n) is 6.37. The zero-order valence-corrected chi connectivity index (χ0v) is 16.6. The molecule has 0 bridgehead atoms. The first kappa shape index (κ1) is 20.3. The summed E-state index contributed by atoms with van der Waals surface area (Å²) in [6.07, 6.45) is 3.77. The second kappa shape index (κ2) is 9.16. The minimum absolute atomic E-state index is 0.223. The Morgan fingerprint density at radius 1 is 1.28 bits per heavy atom. The van der Waals surface area contributed by atoms with Gasteiger partial charge in [0.15, 0.2) is 5.82 Å². The predicted molar refractivity (Wildman–Crippen MR) is 108 cm³/mol. The molecule has 3 rings (SSSR count). The van der Waals surface area contributed by atoms with Gasteiger partial charge in [-0.25, -0.2) is 14.6 Å². The van der Waals surface area contributed by atoms with Crippen LogP contribution in [0.2, 0.25) is 0 Å². The van der Waals surface area contributed by atoms with E-state index >= 15 is 0 Å². The second-order valence-corrected chi connectivity index (χ2v) is 6.37. The van der Waals surface area contributed by atoms with Crippen molar-refractivity contribution in [3.05, 3.63) is 58.3 Å². The molecule has 0 spiro atoms. The molecule has 3 aromatic heterocycles.